The van der Waals surface area contributed by atoms with Crippen LogP contribution < -0.4 is 11.1 Å². The van der Waals surface area contributed by atoms with Gasteiger partial charge in [0.25, 0.3) is 0 Å². The second-order valence-corrected chi connectivity index (χ2v) is 7.98. The molecule has 0 saturated heterocycles. The molecule has 1 aromatic carbocycles. The molecular weight excluding hydrogens is 288 g/mol. The molecule has 0 heterocycles. The maximum atomic E-state index is 11.8. The predicted octanol–water partition coefficient (Wildman–Crippen LogP) is 1.22. The molecule has 0 aliphatic heterocycles. The summed E-state index contributed by atoms with van der Waals surface area (Å²) in [6.07, 6.45) is 1.84. The lowest BCUT2D eigenvalue weighted by atomic mass is 10.0. The molecule has 0 aromatic heterocycles. The summed E-state index contributed by atoms with van der Waals surface area (Å²) >= 11 is 0. The van der Waals surface area contributed by atoms with E-state index in [1.165, 1.54) is 6.26 Å². The van der Waals surface area contributed by atoms with Gasteiger partial charge < -0.3 is 11.1 Å². The standard InChI is InChI=1S/C15H24N2O3S/c1-11(2)7-14(16)15(18)17-9-12-5-4-6-13(8-12)10-21(3,19)20/h4-6,8,11,14H,7,9-10,16H2,1-3H3,(H,17,18)/t14-/m0/s1. The summed E-state index contributed by atoms with van der Waals surface area (Å²) in [5, 5.41) is 2.78. The fourth-order valence-electron chi connectivity index (χ4n) is 2.07. The molecule has 0 aliphatic rings. The minimum atomic E-state index is -3.06. The molecule has 1 rings (SSSR count). The zero-order chi connectivity index (χ0) is 16.0. The van der Waals surface area contributed by atoms with Crippen molar-refractivity contribution in [3.63, 3.8) is 0 Å². The van der Waals surface area contributed by atoms with Crippen molar-refractivity contribution in [1.82, 2.24) is 5.32 Å². The number of carbonyl (C=O) groups is 1. The van der Waals surface area contributed by atoms with Gasteiger partial charge in [0.1, 0.15) is 0 Å². The number of sulfone groups is 1. The fraction of sp³-hybridized carbons (Fsp3) is 0.533. The Morgan fingerprint density at radius 2 is 1.90 bits per heavy atom. The average molecular weight is 312 g/mol. The lowest BCUT2D eigenvalue weighted by Crippen LogP contribution is -2.41. The smallest absolute Gasteiger partial charge is 0.237 e. The molecule has 0 unspecified atom stereocenters. The van der Waals surface area contributed by atoms with Crippen LogP contribution in [-0.2, 0) is 26.9 Å². The molecule has 0 saturated carbocycles. The highest BCUT2D eigenvalue weighted by Crippen LogP contribution is 2.09. The van der Waals surface area contributed by atoms with E-state index in [4.69, 9.17) is 5.73 Å². The van der Waals surface area contributed by atoms with Gasteiger partial charge in [0.05, 0.1) is 11.8 Å². The van der Waals surface area contributed by atoms with Crippen LogP contribution in [0, 0.1) is 5.92 Å². The SMILES string of the molecule is CC(C)C[C@H](N)C(=O)NCc1cccc(CS(C)(=O)=O)c1. The van der Waals surface area contributed by atoms with Crippen molar-refractivity contribution in [1.29, 1.82) is 0 Å². The summed E-state index contributed by atoms with van der Waals surface area (Å²) in [5.74, 6) is 0.183. The third kappa shape index (κ3) is 7.24. The molecule has 0 fully saturated rings. The number of hydrogen-bond donors (Lipinski definition) is 2. The van der Waals surface area contributed by atoms with Crippen LogP contribution in [0.4, 0.5) is 0 Å². The largest absolute Gasteiger partial charge is 0.351 e. The topological polar surface area (TPSA) is 89.3 Å². The van der Waals surface area contributed by atoms with Crippen LogP contribution in [0.2, 0.25) is 0 Å². The van der Waals surface area contributed by atoms with E-state index in [0.29, 0.717) is 18.9 Å². The minimum Gasteiger partial charge on any atom is -0.351 e. The molecule has 5 nitrogen and oxygen atoms in total. The molecule has 3 N–H and O–H groups in total. The fourth-order valence-corrected chi connectivity index (χ4v) is 2.85. The van der Waals surface area contributed by atoms with Gasteiger partial charge in [-0.3, -0.25) is 4.79 Å². The van der Waals surface area contributed by atoms with Crippen molar-refractivity contribution in [2.45, 2.75) is 38.6 Å². The Balaban J connectivity index is 2.60. The second-order valence-electron chi connectivity index (χ2n) is 5.84. The number of benzene rings is 1. The Morgan fingerprint density at radius 3 is 2.48 bits per heavy atom. The van der Waals surface area contributed by atoms with Crippen LogP contribution in [0.3, 0.4) is 0 Å². The minimum absolute atomic E-state index is 0.00164. The van der Waals surface area contributed by atoms with E-state index < -0.39 is 15.9 Å². The molecule has 21 heavy (non-hydrogen) atoms. The van der Waals surface area contributed by atoms with E-state index >= 15 is 0 Å². The second kappa shape index (κ2) is 7.56. The zero-order valence-electron chi connectivity index (χ0n) is 12.8. The van der Waals surface area contributed by atoms with Crippen LogP contribution in [0.25, 0.3) is 0 Å². The Labute approximate surface area is 126 Å². The van der Waals surface area contributed by atoms with Crippen molar-refractivity contribution in [2.75, 3.05) is 6.26 Å². The molecule has 118 valence electrons. The number of rotatable bonds is 7. The van der Waals surface area contributed by atoms with E-state index in [9.17, 15) is 13.2 Å². The molecule has 0 spiro atoms. The highest BCUT2D eigenvalue weighted by molar-refractivity contribution is 7.89. The van der Waals surface area contributed by atoms with Gasteiger partial charge in [-0.2, -0.15) is 0 Å². The third-order valence-corrected chi connectivity index (χ3v) is 3.81. The molecule has 1 amide bonds. The first-order valence-corrected chi connectivity index (χ1v) is 9.02. The van der Waals surface area contributed by atoms with Crippen molar-refractivity contribution in [2.24, 2.45) is 11.7 Å². The maximum Gasteiger partial charge on any atom is 0.237 e. The van der Waals surface area contributed by atoms with Crippen molar-refractivity contribution < 1.29 is 13.2 Å². The van der Waals surface area contributed by atoms with Gasteiger partial charge in [0, 0.05) is 12.8 Å². The van der Waals surface area contributed by atoms with Crippen LogP contribution >= 0.6 is 0 Å². The predicted molar refractivity (Wildman–Crippen MR) is 84.3 cm³/mol. The van der Waals surface area contributed by atoms with Crippen molar-refractivity contribution >= 4 is 15.7 Å². The summed E-state index contributed by atoms with van der Waals surface area (Å²) in [5.41, 5.74) is 7.38. The van der Waals surface area contributed by atoms with Gasteiger partial charge in [-0.1, -0.05) is 38.1 Å². The van der Waals surface area contributed by atoms with Crippen LogP contribution in [0.1, 0.15) is 31.4 Å². The Bertz CT molecular complexity index is 582. The maximum absolute atomic E-state index is 11.8. The molecule has 1 aromatic rings. The summed E-state index contributed by atoms with van der Waals surface area (Å²) in [7, 11) is -3.06. The highest BCUT2D eigenvalue weighted by atomic mass is 32.2. The van der Waals surface area contributed by atoms with E-state index in [2.05, 4.69) is 5.32 Å². The molecule has 0 bridgehead atoms. The monoisotopic (exact) mass is 312 g/mol. The Kier molecular flexibility index (Phi) is 6.36. The van der Waals surface area contributed by atoms with E-state index in [0.717, 1.165) is 11.1 Å². The first-order valence-electron chi connectivity index (χ1n) is 6.96. The van der Waals surface area contributed by atoms with Crippen molar-refractivity contribution in [3.8, 4) is 0 Å². The number of amides is 1. The van der Waals surface area contributed by atoms with E-state index in [1.54, 1.807) is 18.2 Å². The molecule has 0 aliphatic carbocycles. The summed E-state index contributed by atoms with van der Waals surface area (Å²) in [6.45, 7) is 4.38. The first-order chi connectivity index (χ1) is 9.67. The van der Waals surface area contributed by atoms with Gasteiger partial charge in [0.2, 0.25) is 5.91 Å². The summed E-state index contributed by atoms with van der Waals surface area (Å²) in [6, 6.07) is 6.67. The van der Waals surface area contributed by atoms with Crippen molar-refractivity contribution in [3.05, 3.63) is 35.4 Å². The Morgan fingerprint density at radius 1 is 1.29 bits per heavy atom. The number of nitrogens with two attached hydrogens (primary N) is 1. The normalized spacial score (nSPS) is 13.2. The van der Waals surface area contributed by atoms with Crippen LogP contribution in [0.5, 0.6) is 0 Å². The first kappa shape index (κ1) is 17.7. The summed E-state index contributed by atoms with van der Waals surface area (Å²) < 4.78 is 22.6. The van der Waals surface area contributed by atoms with Crippen LogP contribution in [-0.4, -0.2) is 26.6 Å². The van der Waals surface area contributed by atoms with Gasteiger partial charge >= 0.3 is 0 Å². The number of nitrogens with one attached hydrogen (secondary N) is 1. The number of hydrogen-bond acceptors (Lipinski definition) is 4. The van der Waals surface area contributed by atoms with Gasteiger partial charge in [0.15, 0.2) is 9.84 Å². The number of carbonyl (C=O) groups excluding carboxylic acids is 1. The van der Waals surface area contributed by atoms with Crippen LogP contribution in [0.15, 0.2) is 24.3 Å². The molecule has 6 heteroatoms. The molecule has 0 radical (unpaired) electrons. The molecule has 1 atom stereocenters. The lowest BCUT2D eigenvalue weighted by Gasteiger charge is -2.14. The van der Waals surface area contributed by atoms with Gasteiger partial charge in [-0.25, -0.2) is 8.42 Å². The Hall–Kier alpha value is -1.40. The molecular formula is C15H24N2O3S. The highest BCUT2D eigenvalue weighted by Gasteiger charge is 2.14. The van der Waals surface area contributed by atoms with E-state index in [1.807, 2.05) is 19.9 Å². The van der Waals surface area contributed by atoms with E-state index in [-0.39, 0.29) is 11.7 Å². The van der Waals surface area contributed by atoms with Gasteiger partial charge in [-0.15, -0.1) is 0 Å². The summed E-state index contributed by atoms with van der Waals surface area (Å²) in [4.78, 5) is 11.8. The quantitative estimate of drug-likeness (QED) is 0.792. The zero-order valence-corrected chi connectivity index (χ0v) is 13.6. The third-order valence-electron chi connectivity index (χ3n) is 2.95. The average Bonchev–Trinajstić information content (AvgIpc) is 2.33. The van der Waals surface area contributed by atoms with Gasteiger partial charge in [-0.05, 0) is 23.5 Å². The lowest BCUT2D eigenvalue weighted by molar-refractivity contribution is -0.122.